The van der Waals surface area contributed by atoms with Gasteiger partial charge in [0.15, 0.2) is 5.11 Å². The lowest BCUT2D eigenvalue weighted by molar-refractivity contribution is -0.122. The number of amides is 2. The maximum atomic E-state index is 13.1. The van der Waals surface area contributed by atoms with Crippen molar-refractivity contribution < 1.29 is 14.3 Å². The van der Waals surface area contributed by atoms with Gasteiger partial charge in [-0.2, -0.15) is 0 Å². The van der Waals surface area contributed by atoms with E-state index in [1.807, 2.05) is 18.2 Å². The van der Waals surface area contributed by atoms with Gasteiger partial charge >= 0.3 is 0 Å². The van der Waals surface area contributed by atoms with Gasteiger partial charge in [0, 0.05) is 35.4 Å². The van der Waals surface area contributed by atoms with Gasteiger partial charge in [-0.1, -0.05) is 11.6 Å². The van der Waals surface area contributed by atoms with Gasteiger partial charge in [-0.05, 0) is 68.5 Å². The number of nitrogens with zero attached hydrogens (tertiary/aromatic N) is 2. The van der Waals surface area contributed by atoms with Crippen molar-refractivity contribution in [1.29, 1.82) is 0 Å². The number of benzene rings is 2. The number of anilines is 2. The number of thiocarbonyl (C=S) groups is 1. The summed E-state index contributed by atoms with van der Waals surface area (Å²) in [6.07, 6.45) is 1.52. The molecule has 2 aromatic carbocycles. The van der Waals surface area contributed by atoms with Crippen LogP contribution in [0, 0.1) is 0 Å². The van der Waals surface area contributed by atoms with E-state index in [0.29, 0.717) is 22.0 Å². The Kier molecular flexibility index (Phi) is 6.74. The minimum Gasteiger partial charge on any atom is -0.496 e. The van der Waals surface area contributed by atoms with Crippen LogP contribution in [0.4, 0.5) is 11.4 Å². The lowest BCUT2D eigenvalue weighted by Gasteiger charge is -2.29. The van der Waals surface area contributed by atoms with Crippen LogP contribution in [0.1, 0.15) is 19.4 Å². The molecule has 0 aromatic heterocycles. The quantitative estimate of drug-likeness (QED) is 0.415. The van der Waals surface area contributed by atoms with Crippen LogP contribution in [0.3, 0.4) is 0 Å². The SMILES string of the molecule is CCN(CC)c1ccc(/C=C2/C(=O)NC(=S)N(c3ccc(Cl)cc3)C2=O)c(OC)c1. The highest BCUT2D eigenvalue weighted by atomic mass is 35.5. The van der Waals surface area contributed by atoms with Crippen LogP contribution in [0.25, 0.3) is 6.08 Å². The fourth-order valence-corrected chi connectivity index (χ4v) is 3.65. The summed E-state index contributed by atoms with van der Waals surface area (Å²) in [4.78, 5) is 29.1. The minimum absolute atomic E-state index is 0.0216. The van der Waals surface area contributed by atoms with Gasteiger partial charge in [0.25, 0.3) is 11.8 Å². The van der Waals surface area contributed by atoms with Gasteiger partial charge in [-0.3, -0.25) is 19.8 Å². The molecule has 1 fully saturated rings. The first-order chi connectivity index (χ1) is 14.4. The first kappa shape index (κ1) is 21.8. The van der Waals surface area contributed by atoms with Crippen molar-refractivity contribution in [2.45, 2.75) is 13.8 Å². The summed E-state index contributed by atoms with van der Waals surface area (Å²) in [7, 11) is 1.56. The summed E-state index contributed by atoms with van der Waals surface area (Å²) in [5.41, 5.74) is 2.11. The number of carbonyl (C=O) groups is 2. The average molecular weight is 444 g/mol. The third kappa shape index (κ3) is 4.32. The second-order valence-electron chi connectivity index (χ2n) is 6.53. The molecular weight excluding hydrogens is 422 g/mol. The standard InChI is InChI=1S/C22H22ClN3O3S/c1-4-25(5-2)17-9-6-14(19(13-17)29-3)12-18-20(27)24-22(30)26(21(18)28)16-10-7-15(23)8-11-16/h6-13H,4-5H2,1-3H3,(H,24,27,30)/b18-12-. The summed E-state index contributed by atoms with van der Waals surface area (Å²) in [5, 5.41) is 3.13. The molecule has 6 nitrogen and oxygen atoms in total. The third-order valence-corrected chi connectivity index (χ3v) is 5.37. The highest BCUT2D eigenvalue weighted by Gasteiger charge is 2.34. The Morgan fingerprint density at radius 1 is 1.13 bits per heavy atom. The zero-order valence-corrected chi connectivity index (χ0v) is 18.5. The Bertz CT molecular complexity index is 1020. The first-order valence-electron chi connectivity index (χ1n) is 9.49. The van der Waals surface area contributed by atoms with E-state index in [2.05, 4.69) is 24.1 Å². The van der Waals surface area contributed by atoms with Crippen molar-refractivity contribution in [3.8, 4) is 5.75 Å². The predicted molar refractivity (Wildman–Crippen MR) is 124 cm³/mol. The molecule has 0 saturated carbocycles. The van der Waals surface area contributed by atoms with Gasteiger partial charge in [0.2, 0.25) is 0 Å². The second-order valence-corrected chi connectivity index (χ2v) is 7.36. The molecule has 1 aliphatic rings. The molecule has 1 aliphatic heterocycles. The summed E-state index contributed by atoms with van der Waals surface area (Å²) in [6, 6.07) is 12.3. The van der Waals surface area contributed by atoms with Gasteiger partial charge in [-0.25, -0.2) is 0 Å². The summed E-state index contributed by atoms with van der Waals surface area (Å²) >= 11 is 11.2. The van der Waals surface area contributed by atoms with E-state index in [1.165, 1.54) is 11.0 Å². The van der Waals surface area contributed by atoms with Crippen LogP contribution in [-0.4, -0.2) is 37.1 Å². The molecule has 156 valence electrons. The number of hydrogen-bond acceptors (Lipinski definition) is 5. The number of carbonyl (C=O) groups excluding carboxylic acids is 2. The molecule has 1 heterocycles. The van der Waals surface area contributed by atoms with E-state index in [9.17, 15) is 9.59 Å². The Morgan fingerprint density at radius 3 is 2.40 bits per heavy atom. The molecule has 30 heavy (non-hydrogen) atoms. The van der Waals surface area contributed by atoms with Gasteiger partial charge in [0.05, 0.1) is 12.8 Å². The van der Waals surface area contributed by atoms with E-state index in [1.54, 1.807) is 31.4 Å². The Morgan fingerprint density at radius 2 is 1.80 bits per heavy atom. The molecule has 0 aliphatic carbocycles. The topological polar surface area (TPSA) is 61.9 Å². The van der Waals surface area contributed by atoms with Crippen molar-refractivity contribution in [2.24, 2.45) is 0 Å². The summed E-state index contributed by atoms with van der Waals surface area (Å²) in [5.74, 6) is -0.496. The number of halogens is 1. The number of ether oxygens (including phenoxy) is 1. The van der Waals surface area contributed by atoms with Crippen molar-refractivity contribution in [3.63, 3.8) is 0 Å². The molecular formula is C22H22ClN3O3S. The average Bonchev–Trinajstić information content (AvgIpc) is 2.73. The molecule has 0 atom stereocenters. The van der Waals surface area contributed by atoms with E-state index in [0.717, 1.165) is 18.8 Å². The predicted octanol–water partition coefficient (Wildman–Crippen LogP) is 4.03. The van der Waals surface area contributed by atoms with E-state index < -0.39 is 11.8 Å². The molecule has 2 amide bonds. The molecule has 0 bridgehead atoms. The van der Waals surface area contributed by atoms with Crippen molar-refractivity contribution in [3.05, 3.63) is 58.6 Å². The summed E-state index contributed by atoms with van der Waals surface area (Å²) in [6.45, 7) is 5.86. The fraction of sp³-hybridized carbons (Fsp3) is 0.227. The van der Waals surface area contributed by atoms with Crippen LogP contribution in [0.15, 0.2) is 48.0 Å². The van der Waals surface area contributed by atoms with Crippen molar-refractivity contribution >= 4 is 58.2 Å². The fourth-order valence-electron chi connectivity index (χ4n) is 3.24. The van der Waals surface area contributed by atoms with Crippen LogP contribution in [-0.2, 0) is 9.59 Å². The normalized spacial score (nSPS) is 15.4. The lowest BCUT2D eigenvalue weighted by atomic mass is 10.1. The van der Waals surface area contributed by atoms with Crippen LogP contribution in [0.5, 0.6) is 5.75 Å². The Balaban J connectivity index is 2.01. The van der Waals surface area contributed by atoms with Crippen LogP contribution < -0.4 is 19.9 Å². The molecule has 3 rings (SSSR count). The number of nitrogens with one attached hydrogen (secondary N) is 1. The van der Waals surface area contributed by atoms with Crippen molar-refractivity contribution in [2.75, 3.05) is 30.0 Å². The number of rotatable bonds is 6. The highest BCUT2D eigenvalue weighted by molar-refractivity contribution is 7.80. The summed E-state index contributed by atoms with van der Waals surface area (Å²) < 4.78 is 5.51. The Hall–Kier alpha value is -2.90. The largest absolute Gasteiger partial charge is 0.496 e. The highest BCUT2D eigenvalue weighted by Crippen LogP contribution is 2.29. The lowest BCUT2D eigenvalue weighted by Crippen LogP contribution is -2.54. The van der Waals surface area contributed by atoms with E-state index in [4.69, 9.17) is 28.6 Å². The smallest absolute Gasteiger partial charge is 0.270 e. The first-order valence-corrected chi connectivity index (χ1v) is 10.3. The molecule has 2 aromatic rings. The zero-order chi connectivity index (χ0) is 21.8. The van der Waals surface area contributed by atoms with E-state index in [-0.39, 0.29) is 10.7 Å². The molecule has 0 spiro atoms. The van der Waals surface area contributed by atoms with Gasteiger partial charge < -0.3 is 9.64 Å². The second kappa shape index (κ2) is 9.28. The van der Waals surface area contributed by atoms with Gasteiger partial charge in [0.1, 0.15) is 11.3 Å². The molecule has 8 heteroatoms. The maximum absolute atomic E-state index is 13.1. The van der Waals surface area contributed by atoms with Crippen LogP contribution >= 0.6 is 23.8 Å². The van der Waals surface area contributed by atoms with Gasteiger partial charge in [-0.15, -0.1) is 0 Å². The van der Waals surface area contributed by atoms with Crippen LogP contribution in [0.2, 0.25) is 5.02 Å². The zero-order valence-electron chi connectivity index (χ0n) is 16.9. The maximum Gasteiger partial charge on any atom is 0.270 e. The van der Waals surface area contributed by atoms with E-state index >= 15 is 0 Å². The van der Waals surface area contributed by atoms with Crippen molar-refractivity contribution in [1.82, 2.24) is 5.32 Å². The Labute approximate surface area is 186 Å². The minimum atomic E-state index is -0.551. The molecule has 0 unspecified atom stereocenters. The molecule has 0 radical (unpaired) electrons. The molecule has 1 N–H and O–H groups in total. The number of methoxy groups -OCH3 is 1. The monoisotopic (exact) mass is 443 g/mol. The third-order valence-electron chi connectivity index (χ3n) is 4.83. The number of hydrogen-bond donors (Lipinski definition) is 1. The molecule has 1 saturated heterocycles.